The molecular weight excluding hydrogens is 266 g/mol. The van der Waals surface area contributed by atoms with Crippen LogP contribution in [0, 0.1) is 18.3 Å². The van der Waals surface area contributed by atoms with Crippen LogP contribution in [0.15, 0.2) is 12.1 Å². The van der Waals surface area contributed by atoms with E-state index < -0.39 is 0 Å². The molecule has 0 aromatic heterocycles. The summed E-state index contributed by atoms with van der Waals surface area (Å²) in [5.74, 6) is 1.32. The number of nitrogens with zero attached hydrogens (tertiary/aromatic N) is 1. The second-order valence-corrected chi connectivity index (χ2v) is 6.03. The maximum absolute atomic E-state index is 9.51. The van der Waals surface area contributed by atoms with Crippen molar-refractivity contribution in [2.24, 2.45) is 0 Å². The fourth-order valence-corrected chi connectivity index (χ4v) is 2.69. The van der Waals surface area contributed by atoms with Gasteiger partial charge in [-0.1, -0.05) is 0 Å². The van der Waals surface area contributed by atoms with Crippen LogP contribution in [0.3, 0.4) is 0 Å². The molecule has 1 aliphatic heterocycles. The minimum atomic E-state index is -0.213. The average molecular weight is 289 g/mol. The molecule has 1 aromatic rings. The highest BCUT2D eigenvalue weighted by Crippen LogP contribution is 2.41. The predicted octanol–water partition coefficient (Wildman–Crippen LogP) is 3.58. The van der Waals surface area contributed by atoms with Crippen LogP contribution in [-0.2, 0) is 4.74 Å². The van der Waals surface area contributed by atoms with Crippen molar-refractivity contribution in [3.8, 4) is 17.6 Å². The summed E-state index contributed by atoms with van der Waals surface area (Å²) in [7, 11) is 3.27. The van der Waals surface area contributed by atoms with E-state index in [0.29, 0.717) is 0 Å². The summed E-state index contributed by atoms with van der Waals surface area (Å²) < 4.78 is 16.4. The first-order valence-corrected chi connectivity index (χ1v) is 7.23. The van der Waals surface area contributed by atoms with E-state index in [1.54, 1.807) is 14.2 Å². The highest BCUT2D eigenvalue weighted by atomic mass is 16.6. The van der Waals surface area contributed by atoms with Crippen molar-refractivity contribution >= 4 is 0 Å². The van der Waals surface area contributed by atoms with Gasteiger partial charge >= 0.3 is 0 Å². The molecule has 1 fully saturated rings. The molecule has 1 saturated heterocycles. The second kappa shape index (κ2) is 5.95. The van der Waals surface area contributed by atoms with E-state index >= 15 is 0 Å². The van der Waals surface area contributed by atoms with Gasteiger partial charge in [0, 0.05) is 5.56 Å². The van der Waals surface area contributed by atoms with Gasteiger partial charge in [-0.3, -0.25) is 0 Å². The van der Waals surface area contributed by atoms with Crippen LogP contribution in [0.25, 0.3) is 0 Å². The Hall–Kier alpha value is -1.73. The lowest BCUT2D eigenvalue weighted by molar-refractivity contribution is 0.317. The maximum Gasteiger partial charge on any atom is 0.123 e. The van der Waals surface area contributed by atoms with Gasteiger partial charge in [0.05, 0.1) is 37.9 Å². The Morgan fingerprint density at radius 2 is 1.90 bits per heavy atom. The molecule has 0 N–H and O–H groups in total. The summed E-state index contributed by atoms with van der Waals surface area (Å²) >= 11 is 0. The summed E-state index contributed by atoms with van der Waals surface area (Å²) in [6.07, 6.45) is 1.89. The summed E-state index contributed by atoms with van der Waals surface area (Å²) in [4.78, 5) is 0. The molecule has 4 nitrogen and oxygen atoms in total. The van der Waals surface area contributed by atoms with E-state index in [1.807, 2.05) is 19.1 Å². The van der Waals surface area contributed by atoms with Crippen molar-refractivity contribution < 1.29 is 14.2 Å². The first kappa shape index (κ1) is 15.7. The van der Waals surface area contributed by atoms with Crippen LogP contribution in [0.5, 0.6) is 11.5 Å². The first-order valence-electron chi connectivity index (χ1n) is 7.23. The fourth-order valence-electron chi connectivity index (χ4n) is 2.69. The highest BCUT2D eigenvalue weighted by Gasteiger charge is 2.47. The average Bonchev–Trinajstić information content (AvgIpc) is 3.07. The Bertz CT molecular complexity index is 560. The molecule has 0 bridgehead atoms. The number of hydrogen-bond acceptors (Lipinski definition) is 4. The van der Waals surface area contributed by atoms with Gasteiger partial charge in [0.1, 0.15) is 11.5 Å². The third kappa shape index (κ3) is 3.30. The van der Waals surface area contributed by atoms with Crippen LogP contribution in [0.1, 0.15) is 43.7 Å². The van der Waals surface area contributed by atoms with E-state index in [-0.39, 0.29) is 17.6 Å². The Morgan fingerprint density at radius 1 is 1.29 bits per heavy atom. The molecule has 4 heteroatoms. The molecule has 2 atom stereocenters. The van der Waals surface area contributed by atoms with Gasteiger partial charge in [-0.05, 0) is 51.3 Å². The lowest BCUT2D eigenvalue weighted by atomic mass is 9.91. The molecule has 2 rings (SSSR count). The first-order chi connectivity index (χ1) is 9.92. The van der Waals surface area contributed by atoms with E-state index in [1.165, 1.54) is 0 Å². The number of methoxy groups -OCH3 is 2. The van der Waals surface area contributed by atoms with Crippen LogP contribution in [0.2, 0.25) is 0 Å². The van der Waals surface area contributed by atoms with Gasteiger partial charge in [-0.15, -0.1) is 0 Å². The number of aryl methyl sites for hydroxylation is 1. The molecule has 1 aliphatic rings. The number of epoxide rings is 1. The molecule has 0 radical (unpaired) electrons. The summed E-state index contributed by atoms with van der Waals surface area (Å²) in [5, 5.41) is 9.51. The summed E-state index contributed by atoms with van der Waals surface area (Å²) in [6.45, 7) is 6.12. The monoisotopic (exact) mass is 289 g/mol. The number of rotatable bonds is 6. The van der Waals surface area contributed by atoms with Crippen molar-refractivity contribution in [1.29, 1.82) is 5.26 Å². The third-order valence-electron chi connectivity index (χ3n) is 4.16. The number of ether oxygens (including phenoxy) is 3. The molecule has 114 valence electrons. The maximum atomic E-state index is 9.51. The largest absolute Gasteiger partial charge is 0.496 e. The number of nitriles is 1. The van der Waals surface area contributed by atoms with Crippen molar-refractivity contribution in [3.05, 3.63) is 23.3 Å². The minimum absolute atomic E-state index is 0.0327. The van der Waals surface area contributed by atoms with E-state index in [0.717, 1.165) is 35.5 Å². The Labute approximate surface area is 126 Å². The normalized spacial score (nSPS) is 20.5. The van der Waals surface area contributed by atoms with Gasteiger partial charge in [0.15, 0.2) is 0 Å². The molecular formula is C17H23NO3. The van der Waals surface area contributed by atoms with Gasteiger partial charge in [0.2, 0.25) is 0 Å². The molecule has 0 spiro atoms. The molecule has 21 heavy (non-hydrogen) atoms. The number of hydrogen-bond donors (Lipinski definition) is 0. The van der Waals surface area contributed by atoms with Crippen LogP contribution >= 0.6 is 0 Å². The van der Waals surface area contributed by atoms with Gasteiger partial charge in [0.25, 0.3) is 0 Å². The van der Waals surface area contributed by atoms with E-state index in [2.05, 4.69) is 19.9 Å². The van der Waals surface area contributed by atoms with Crippen molar-refractivity contribution in [2.75, 3.05) is 14.2 Å². The zero-order chi connectivity index (χ0) is 15.6. The van der Waals surface area contributed by atoms with E-state index in [9.17, 15) is 5.26 Å². The highest BCUT2D eigenvalue weighted by molar-refractivity contribution is 5.49. The second-order valence-electron chi connectivity index (χ2n) is 6.03. The zero-order valence-electron chi connectivity index (χ0n) is 13.4. The Morgan fingerprint density at radius 3 is 2.38 bits per heavy atom. The standard InChI is InChI=1S/C17H23NO3/c1-11-8-15(20-5)13(9-14(11)19-4)12(10-18)6-7-16-17(2,3)21-16/h8-9,12,16H,6-7H2,1-5H3. The minimum Gasteiger partial charge on any atom is -0.496 e. The van der Waals surface area contributed by atoms with Gasteiger partial charge in [-0.25, -0.2) is 0 Å². The lowest BCUT2D eigenvalue weighted by Gasteiger charge is -2.16. The quantitative estimate of drug-likeness (QED) is 0.751. The van der Waals surface area contributed by atoms with Crippen molar-refractivity contribution in [2.45, 2.75) is 51.2 Å². The smallest absolute Gasteiger partial charge is 0.123 e. The molecule has 1 heterocycles. The lowest BCUT2D eigenvalue weighted by Crippen LogP contribution is -2.06. The van der Waals surface area contributed by atoms with Gasteiger partial charge < -0.3 is 14.2 Å². The fraction of sp³-hybridized carbons (Fsp3) is 0.588. The third-order valence-corrected chi connectivity index (χ3v) is 4.16. The predicted molar refractivity (Wildman–Crippen MR) is 80.8 cm³/mol. The van der Waals surface area contributed by atoms with Crippen LogP contribution in [0.4, 0.5) is 0 Å². The van der Waals surface area contributed by atoms with Gasteiger partial charge in [-0.2, -0.15) is 5.26 Å². The molecule has 0 aliphatic carbocycles. The zero-order valence-corrected chi connectivity index (χ0v) is 13.4. The molecule has 0 saturated carbocycles. The van der Waals surface area contributed by atoms with Crippen molar-refractivity contribution in [1.82, 2.24) is 0 Å². The van der Waals surface area contributed by atoms with Crippen LogP contribution in [-0.4, -0.2) is 25.9 Å². The Kier molecular flexibility index (Phi) is 4.43. The topological polar surface area (TPSA) is 54.8 Å². The molecule has 2 unspecified atom stereocenters. The van der Waals surface area contributed by atoms with Crippen molar-refractivity contribution in [3.63, 3.8) is 0 Å². The molecule has 1 aromatic carbocycles. The van der Waals surface area contributed by atoms with E-state index in [4.69, 9.17) is 14.2 Å². The number of benzene rings is 1. The Balaban J connectivity index is 2.18. The summed E-state index contributed by atoms with van der Waals surface area (Å²) in [6, 6.07) is 6.23. The SMILES string of the molecule is COc1cc(C(C#N)CCC2OC2(C)C)c(OC)cc1C. The molecule has 0 amide bonds. The summed E-state index contributed by atoms with van der Waals surface area (Å²) in [5.41, 5.74) is 1.86. The van der Waals surface area contributed by atoms with Crippen LogP contribution < -0.4 is 9.47 Å².